The molecule has 9 heteroatoms. The van der Waals surface area contributed by atoms with Crippen LogP contribution in [0.2, 0.25) is 0 Å². The molecule has 1 aliphatic heterocycles. The van der Waals surface area contributed by atoms with E-state index in [1.54, 1.807) is 34.6 Å². The Kier molecular flexibility index (Phi) is 7.68. The van der Waals surface area contributed by atoms with Gasteiger partial charge >= 0.3 is 0 Å². The summed E-state index contributed by atoms with van der Waals surface area (Å²) in [5.74, 6) is -0.449. The molecule has 4 rings (SSSR count). The second-order valence-corrected chi connectivity index (χ2v) is 10.9. The van der Waals surface area contributed by atoms with Gasteiger partial charge in [0.05, 0.1) is 17.5 Å². The van der Waals surface area contributed by atoms with Crippen molar-refractivity contribution in [3.05, 3.63) is 71.4 Å². The Labute approximate surface area is 222 Å². The molecule has 2 aromatic carbocycles. The number of aryl methyl sites for hydroxylation is 1. The SMILES string of the molecule is Cc1cc(COc2ccc(C(=O)NC3(CC(=O)NO)CCN(C(=O)C(C)(C)C)C3)cc2)c2ccccc2n1. The molecule has 1 saturated heterocycles. The zero-order chi connectivity index (χ0) is 27.5. The van der Waals surface area contributed by atoms with Crippen LogP contribution in [0.3, 0.4) is 0 Å². The standard InChI is InChI=1S/C29H34N4O5/c1-19-15-21(23-7-5-6-8-24(23)30-19)17-38-22-11-9-20(10-12-22)26(35)31-29(16-25(34)32-37)13-14-33(18-29)27(36)28(2,3)4/h5-12,15,37H,13-14,16-18H2,1-4H3,(H,31,35)(H,32,34). The maximum Gasteiger partial charge on any atom is 0.251 e. The fourth-order valence-electron chi connectivity index (χ4n) is 4.85. The summed E-state index contributed by atoms with van der Waals surface area (Å²) >= 11 is 0. The molecule has 9 nitrogen and oxygen atoms in total. The molecule has 38 heavy (non-hydrogen) atoms. The smallest absolute Gasteiger partial charge is 0.251 e. The minimum Gasteiger partial charge on any atom is -0.489 e. The molecule has 1 fully saturated rings. The van der Waals surface area contributed by atoms with Crippen molar-refractivity contribution in [1.29, 1.82) is 0 Å². The van der Waals surface area contributed by atoms with Gasteiger partial charge in [-0.3, -0.25) is 24.6 Å². The third-order valence-corrected chi connectivity index (χ3v) is 6.73. The zero-order valence-corrected chi connectivity index (χ0v) is 22.2. The maximum atomic E-state index is 13.2. The van der Waals surface area contributed by atoms with Crippen molar-refractivity contribution in [3.8, 4) is 5.75 Å². The van der Waals surface area contributed by atoms with Crippen LogP contribution in [0.1, 0.15) is 55.2 Å². The number of amides is 3. The molecule has 3 N–H and O–H groups in total. The highest BCUT2D eigenvalue weighted by Crippen LogP contribution is 2.30. The molecule has 0 radical (unpaired) electrons. The molecule has 0 saturated carbocycles. The van der Waals surface area contributed by atoms with Crippen LogP contribution in [0.5, 0.6) is 5.75 Å². The van der Waals surface area contributed by atoms with E-state index in [0.717, 1.165) is 22.2 Å². The summed E-state index contributed by atoms with van der Waals surface area (Å²) in [5.41, 5.74) is 3.31. The highest BCUT2D eigenvalue weighted by molar-refractivity contribution is 5.95. The Bertz CT molecular complexity index is 1350. The fourth-order valence-corrected chi connectivity index (χ4v) is 4.85. The Morgan fingerprint density at radius 3 is 2.50 bits per heavy atom. The summed E-state index contributed by atoms with van der Waals surface area (Å²) in [6.07, 6.45) is 0.248. The molecular formula is C29H34N4O5. The molecule has 0 spiro atoms. The van der Waals surface area contributed by atoms with Crippen LogP contribution in [0.4, 0.5) is 0 Å². The first-order valence-corrected chi connectivity index (χ1v) is 12.6. The van der Waals surface area contributed by atoms with E-state index in [4.69, 9.17) is 9.94 Å². The molecule has 200 valence electrons. The number of para-hydroxylation sites is 1. The lowest BCUT2D eigenvalue weighted by atomic mass is 9.92. The van der Waals surface area contributed by atoms with Gasteiger partial charge in [-0.1, -0.05) is 39.0 Å². The minimum atomic E-state index is -0.986. The third kappa shape index (κ3) is 6.11. The molecule has 3 amide bonds. The van der Waals surface area contributed by atoms with Gasteiger partial charge in [0.2, 0.25) is 11.8 Å². The highest BCUT2D eigenvalue weighted by Gasteiger charge is 2.44. The second-order valence-electron chi connectivity index (χ2n) is 10.9. The van der Waals surface area contributed by atoms with Gasteiger partial charge in [0.1, 0.15) is 12.4 Å². The molecule has 0 bridgehead atoms. The van der Waals surface area contributed by atoms with Crippen molar-refractivity contribution in [2.24, 2.45) is 5.41 Å². The van der Waals surface area contributed by atoms with E-state index in [-0.39, 0.29) is 24.8 Å². The van der Waals surface area contributed by atoms with Crippen molar-refractivity contribution in [2.45, 2.75) is 52.7 Å². The van der Waals surface area contributed by atoms with Crippen LogP contribution < -0.4 is 15.5 Å². The number of hydrogen-bond acceptors (Lipinski definition) is 6. The number of hydroxylamine groups is 1. The molecule has 1 unspecified atom stereocenters. The maximum absolute atomic E-state index is 13.2. The Hall–Kier alpha value is -3.98. The molecule has 1 aliphatic rings. The Morgan fingerprint density at radius 2 is 1.82 bits per heavy atom. The summed E-state index contributed by atoms with van der Waals surface area (Å²) in [4.78, 5) is 44.3. The number of rotatable bonds is 7. The number of fused-ring (bicyclic) bond motifs is 1. The van der Waals surface area contributed by atoms with Gasteiger partial charge in [-0.2, -0.15) is 0 Å². The Balaban J connectivity index is 1.45. The van der Waals surface area contributed by atoms with E-state index in [1.165, 1.54) is 0 Å². The van der Waals surface area contributed by atoms with Gasteiger partial charge in [-0.15, -0.1) is 0 Å². The topological polar surface area (TPSA) is 121 Å². The average molecular weight is 519 g/mol. The number of likely N-dealkylation sites (tertiary alicyclic amines) is 1. The molecule has 3 aromatic rings. The lowest BCUT2D eigenvalue weighted by Gasteiger charge is -2.31. The van der Waals surface area contributed by atoms with Crippen molar-refractivity contribution in [2.75, 3.05) is 13.1 Å². The number of hydrogen-bond donors (Lipinski definition) is 3. The number of nitrogens with one attached hydrogen (secondary N) is 2. The number of aromatic nitrogens is 1. The normalized spacial score (nSPS) is 17.3. The summed E-state index contributed by atoms with van der Waals surface area (Å²) in [6, 6.07) is 16.7. The molecule has 2 heterocycles. The summed E-state index contributed by atoms with van der Waals surface area (Å²) in [6.45, 7) is 8.38. The third-order valence-electron chi connectivity index (χ3n) is 6.73. The van der Waals surface area contributed by atoms with Crippen molar-refractivity contribution >= 4 is 28.6 Å². The number of pyridine rings is 1. The van der Waals surface area contributed by atoms with Crippen LogP contribution in [0, 0.1) is 12.3 Å². The fraction of sp³-hybridized carbons (Fsp3) is 0.379. The predicted octanol–water partition coefficient (Wildman–Crippen LogP) is 3.76. The zero-order valence-electron chi connectivity index (χ0n) is 22.2. The van der Waals surface area contributed by atoms with E-state index in [0.29, 0.717) is 30.9 Å². The van der Waals surface area contributed by atoms with Crippen LogP contribution in [0.25, 0.3) is 10.9 Å². The number of carbonyl (C=O) groups excluding carboxylic acids is 3. The van der Waals surface area contributed by atoms with Gasteiger partial charge in [0.15, 0.2) is 0 Å². The van der Waals surface area contributed by atoms with E-state index in [2.05, 4.69) is 10.3 Å². The lowest BCUT2D eigenvalue weighted by Crippen LogP contribution is -2.53. The quantitative estimate of drug-likeness (QED) is 0.324. The Morgan fingerprint density at radius 1 is 1.11 bits per heavy atom. The molecule has 0 aliphatic carbocycles. The first kappa shape index (κ1) is 27.1. The van der Waals surface area contributed by atoms with Gasteiger partial charge < -0.3 is 15.0 Å². The lowest BCUT2D eigenvalue weighted by molar-refractivity contribution is -0.139. The highest BCUT2D eigenvalue weighted by atomic mass is 16.5. The monoisotopic (exact) mass is 518 g/mol. The van der Waals surface area contributed by atoms with Gasteiger partial charge in [-0.05, 0) is 49.7 Å². The van der Waals surface area contributed by atoms with Crippen molar-refractivity contribution in [1.82, 2.24) is 20.7 Å². The van der Waals surface area contributed by atoms with E-state index < -0.39 is 16.9 Å². The minimum absolute atomic E-state index is 0.0586. The van der Waals surface area contributed by atoms with E-state index in [9.17, 15) is 14.4 Å². The first-order valence-electron chi connectivity index (χ1n) is 12.6. The summed E-state index contributed by atoms with van der Waals surface area (Å²) in [7, 11) is 0. The number of carbonyl (C=O) groups is 3. The van der Waals surface area contributed by atoms with Crippen LogP contribution in [0.15, 0.2) is 54.6 Å². The summed E-state index contributed by atoms with van der Waals surface area (Å²) < 4.78 is 6.00. The molecular weight excluding hydrogens is 484 g/mol. The van der Waals surface area contributed by atoms with E-state index in [1.807, 2.05) is 58.0 Å². The van der Waals surface area contributed by atoms with Crippen LogP contribution >= 0.6 is 0 Å². The largest absolute Gasteiger partial charge is 0.489 e. The average Bonchev–Trinajstić information content (AvgIpc) is 3.29. The van der Waals surface area contributed by atoms with E-state index >= 15 is 0 Å². The number of ether oxygens (including phenoxy) is 1. The molecule has 1 atom stereocenters. The summed E-state index contributed by atoms with van der Waals surface area (Å²) in [5, 5.41) is 13.1. The van der Waals surface area contributed by atoms with Crippen molar-refractivity contribution in [3.63, 3.8) is 0 Å². The number of nitrogens with zero attached hydrogens (tertiary/aromatic N) is 2. The number of benzene rings is 2. The van der Waals surface area contributed by atoms with Crippen LogP contribution in [-0.2, 0) is 16.2 Å². The first-order chi connectivity index (χ1) is 18.0. The molecule has 1 aromatic heterocycles. The second kappa shape index (κ2) is 10.8. The van der Waals surface area contributed by atoms with Gasteiger partial charge in [-0.25, -0.2) is 5.48 Å². The predicted molar refractivity (Wildman–Crippen MR) is 143 cm³/mol. The van der Waals surface area contributed by atoms with Gasteiger partial charge in [0, 0.05) is 40.7 Å². The van der Waals surface area contributed by atoms with Crippen molar-refractivity contribution < 1.29 is 24.3 Å². The van der Waals surface area contributed by atoms with Gasteiger partial charge in [0.25, 0.3) is 5.91 Å². The van der Waals surface area contributed by atoms with Crippen LogP contribution in [-0.4, -0.2) is 51.4 Å².